The van der Waals surface area contributed by atoms with Crippen molar-refractivity contribution in [1.82, 2.24) is 9.97 Å². The lowest BCUT2D eigenvalue weighted by atomic mass is 10.2. The molecule has 2 aromatic carbocycles. The average molecular weight is 473 g/mol. The minimum atomic E-state index is -3.32. The number of hydrogen-bond acceptors (Lipinski definition) is 8. The van der Waals surface area contributed by atoms with Gasteiger partial charge in [0.1, 0.15) is 0 Å². The zero-order valence-corrected chi connectivity index (χ0v) is 18.6. The van der Waals surface area contributed by atoms with Crippen LogP contribution in [0.2, 0.25) is 0 Å². The Morgan fingerprint density at radius 1 is 1.00 bits per heavy atom. The molecule has 0 saturated heterocycles. The second kappa shape index (κ2) is 8.53. The van der Waals surface area contributed by atoms with Gasteiger partial charge in [-0.05, 0) is 30.3 Å². The second-order valence-electron chi connectivity index (χ2n) is 6.61. The molecule has 11 heteroatoms. The summed E-state index contributed by atoms with van der Waals surface area (Å²) in [7, 11) is -3.32. The average Bonchev–Trinajstić information content (AvgIpc) is 3.33. The van der Waals surface area contributed by atoms with E-state index in [0.717, 1.165) is 6.26 Å². The van der Waals surface area contributed by atoms with Crippen LogP contribution in [0.25, 0.3) is 10.2 Å². The van der Waals surface area contributed by atoms with Crippen molar-refractivity contribution < 1.29 is 18.0 Å². The maximum Gasteiger partial charge on any atom is 0.257 e. The number of aromatic nitrogens is 2. The summed E-state index contributed by atoms with van der Waals surface area (Å²) < 4.78 is 24.1. The van der Waals surface area contributed by atoms with Crippen molar-refractivity contribution in [3.05, 3.63) is 65.2 Å². The Hall–Kier alpha value is -3.15. The molecule has 0 atom stereocenters. The molecule has 0 saturated carbocycles. The van der Waals surface area contributed by atoms with Crippen molar-refractivity contribution in [2.45, 2.75) is 11.3 Å². The zero-order valence-electron chi connectivity index (χ0n) is 16.2. The first-order valence-corrected chi connectivity index (χ1v) is 12.6. The fourth-order valence-electron chi connectivity index (χ4n) is 2.72. The molecule has 2 aromatic heterocycles. The van der Waals surface area contributed by atoms with E-state index in [1.807, 2.05) is 6.07 Å². The second-order valence-corrected chi connectivity index (χ2v) is 10.5. The van der Waals surface area contributed by atoms with Gasteiger partial charge in [0.15, 0.2) is 20.1 Å². The molecule has 0 unspecified atom stereocenters. The van der Waals surface area contributed by atoms with Gasteiger partial charge in [-0.15, -0.1) is 11.3 Å². The summed E-state index contributed by atoms with van der Waals surface area (Å²) in [6.07, 6.45) is 1.16. The Labute approximate surface area is 185 Å². The highest BCUT2D eigenvalue weighted by molar-refractivity contribution is 7.90. The number of rotatable bonds is 6. The summed E-state index contributed by atoms with van der Waals surface area (Å²) in [5, 5.41) is 7.91. The lowest BCUT2D eigenvalue weighted by Gasteiger charge is -2.01. The van der Waals surface area contributed by atoms with E-state index in [2.05, 4.69) is 20.6 Å². The molecule has 158 valence electrons. The molecule has 0 radical (unpaired) electrons. The van der Waals surface area contributed by atoms with Crippen LogP contribution in [-0.4, -0.2) is 36.5 Å². The highest BCUT2D eigenvalue weighted by atomic mass is 32.2. The topological polar surface area (TPSA) is 118 Å². The summed E-state index contributed by atoms with van der Waals surface area (Å²) in [4.78, 5) is 33.4. The summed E-state index contributed by atoms with van der Waals surface area (Å²) in [5.41, 5.74) is 1.64. The minimum absolute atomic E-state index is 0.0161. The van der Waals surface area contributed by atoms with Crippen LogP contribution in [0.15, 0.2) is 58.8 Å². The van der Waals surface area contributed by atoms with Crippen LogP contribution in [0.1, 0.15) is 16.1 Å². The predicted molar refractivity (Wildman–Crippen MR) is 122 cm³/mol. The Morgan fingerprint density at radius 3 is 2.52 bits per heavy atom. The summed E-state index contributed by atoms with van der Waals surface area (Å²) >= 11 is 2.43. The van der Waals surface area contributed by atoms with Gasteiger partial charge in [0.05, 0.1) is 27.2 Å². The molecule has 8 nitrogen and oxygen atoms in total. The summed E-state index contributed by atoms with van der Waals surface area (Å²) in [6, 6.07) is 13.4. The number of thiazole rings is 2. The quantitative estimate of drug-likeness (QED) is 0.443. The van der Waals surface area contributed by atoms with Crippen molar-refractivity contribution in [1.29, 1.82) is 0 Å². The number of anilines is 2. The molecule has 4 rings (SSSR count). The third kappa shape index (κ3) is 5.13. The molecule has 2 amide bonds. The highest BCUT2D eigenvalue weighted by Gasteiger charge is 2.14. The van der Waals surface area contributed by atoms with Gasteiger partial charge in [-0.3, -0.25) is 14.9 Å². The standard InChI is InChI=1S/C20H16N4O4S3/c1-31(27,28)14-7-8-15-16(10-14)30-20(22-15)23-17(25)9-13-11-29-19(21-13)24-18(26)12-5-3-2-4-6-12/h2-8,10-11H,9H2,1H3,(H,21,24,26)(H,22,23,25). The molecule has 0 aliphatic carbocycles. The molecule has 2 N–H and O–H groups in total. The number of benzene rings is 2. The first-order valence-electron chi connectivity index (χ1n) is 8.99. The van der Waals surface area contributed by atoms with Gasteiger partial charge in [-0.25, -0.2) is 18.4 Å². The Morgan fingerprint density at radius 2 is 1.77 bits per heavy atom. The zero-order chi connectivity index (χ0) is 22.0. The molecule has 0 bridgehead atoms. The first kappa shape index (κ1) is 21.1. The third-order valence-corrected chi connectivity index (χ3v) is 7.03. The predicted octanol–water partition coefficient (Wildman–Crippen LogP) is 3.59. The highest BCUT2D eigenvalue weighted by Crippen LogP contribution is 2.28. The van der Waals surface area contributed by atoms with E-state index < -0.39 is 9.84 Å². The summed E-state index contributed by atoms with van der Waals surface area (Å²) in [5.74, 6) is -0.581. The molecule has 0 aliphatic rings. The van der Waals surface area contributed by atoms with E-state index in [1.54, 1.807) is 41.8 Å². The number of carbonyl (C=O) groups is 2. The van der Waals surface area contributed by atoms with Gasteiger partial charge in [0, 0.05) is 17.2 Å². The fraction of sp³-hybridized carbons (Fsp3) is 0.100. The molecule has 2 heterocycles. The van der Waals surface area contributed by atoms with E-state index in [0.29, 0.717) is 31.7 Å². The Bertz CT molecular complexity index is 1380. The van der Waals surface area contributed by atoms with Gasteiger partial charge < -0.3 is 5.32 Å². The molecule has 0 fully saturated rings. The molecular weight excluding hydrogens is 456 g/mol. The minimum Gasteiger partial charge on any atom is -0.302 e. The smallest absolute Gasteiger partial charge is 0.257 e. The lowest BCUT2D eigenvalue weighted by Crippen LogP contribution is -2.15. The van der Waals surface area contributed by atoms with Crippen molar-refractivity contribution in [3.8, 4) is 0 Å². The van der Waals surface area contributed by atoms with Gasteiger partial charge in [-0.1, -0.05) is 29.5 Å². The Balaban J connectivity index is 1.39. The van der Waals surface area contributed by atoms with Gasteiger partial charge in [-0.2, -0.15) is 0 Å². The van der Waals surface area contributed by atoms with Crippen LogP contribution in [0.5, 0.6) is 0 Å². The van der Waals surface area contributed by atoms with Crippen molar-refractivity contribution in [2.24, 2.45) is 0 Å². The first-order chi connectivity index (χ1) is 14.8. The number of amides is 2. The van der Waals surface area contributed by atoms with E-state index in [1.165, 1.54) is 28.7 Å². The van der Waals surface area contributed by atoms with Crippen LogP contribution in [0, 0.1) is 0 Å². The summed E-state index contributed by atoms with van der Waals surface area (Å²) in [6.45, 7) is 0. The van der Waals surface area contributed by atoms with E-state index >= 15 is 0 Å². The maximum absolute atomic E-state index is 12.4. The van der Waals surface area contributed by atoms with Crippen molar-refractivity contribution in [2.75, 3.05) is 16.9 Å². The third-order valence-electron chi connectivity index (χ3n) is 4.18. The number of nitrogens with one attached hydrogen (secondary N) is 2. The normalized spacial score (nSPS) is 11.4. The van der Waals surface area contributed by atoms with Crippen LogP contribution in [0.4, 0.5) is 10.3 Å². The van der Waals surface area contributed by atoms with Gasteiger partial charge >= 0.3 is 0 Å². The van der Waals surface area contributed by atoms with Crippen molar-refractivity contribution in [3.63, 3.8) is 0 Å². The number of carbonyl (C=O) groups excluding carboxylic acids is 2. The maximum atomic E-state index is 12.4. The van der Waals surface area contributed by atoms with Crippen molar-refractivity contribution >= 4 is 64.8 Å². The monoisotopic (exact) mass is 472 g/mol. The molecule has 0 aliphatic heterocycles. The van der Waals surface area contributed by atoms with E-state index in [9.17, 15) is 18.0 Å². The van der Waals surface area contributed by atoms with Gasteiger partial charge in [0.25, 0.3) is 5.91 Å². The molecular formula is C20H16N4O4S3. The van der Waals surface area contributed by atoms with Crippen LogP contribution in [-0.2, 0) is 21.1 Å². The van der Waals surface area contributed by atoms with Crippen LogP contribution in [0.3, 0.4) is 0 Å². The van der Waals surface area contributed by atoms with Crippen LogP contribution < -0.4 is 10.6 Å². The number of nitrogens with zero attached hydrogens (tertiary/aromatic N) is 2. The van der Waals surface area contributed by atoms with Crippen LogP contribution >= 0.6 is 22.7 Å². The lowest BCUT2D eigenvalue weighted by molar-refractivity contribution is -0.115. The van der Waals surface area contributed by atoms with E-state index in [-0.39, 0.29) is 23.1 Å². The largest absolute Gasteiger partial charge is 0.302 e. The molecule has 4 aromatic rings. The van der Waals surface area contributed by atoms with E-state index in [4.69, 9.17) is 0 Å². The molecule has 31 heavy (non-hydrogen) atoms. The fourth-order valence-corrected chi connectivity index (χ4v) is 5.07. The number of fused-ring (bicyclic) bond motifs is 1. The SMILES string of the molecule is CS(=O)(=O)c1ccc2nc(NC(=O)Cc3csc(NC(=O)c4ccccc4)n3)sc2c1. The Kier molecular flexibility index (Phi) is 5.81. The number of hydrogen-bond donors (Lipinski definition) is 2. The molecule has 0 spiro atoms. The number of sulfone groups is 1. The van der Waals surface area contributed by atoms with Gasteiger partial charge in [0.2, 0.25) is 5.91 Å².